The summed E-state index contributed by atoms with van der Waals surface area (Å²) in [6.07, 6.45) is 5.59. The number of ether oxygens (including phenoxy) is 1. The zero-order valence-corrected chi connectivity index (χ0v) is 17.4. The number of nitrogens with zero attached hydrogens (tertiary/aromatic N) is 6. The topological polar surface area (TPSA) is 126 Å². The largest absolute Gasteiger partial charge is 0.381 e. The van der Waals surface area contributed by atoms with Crippen molar-refractivity contribution in [2.75, 3.05) is 25.1 Å². The van der Waals surface area contributed by atoms with Crippen LogP contribution >= 0.6 is 0 Å². The number of hydrogen-bond acceptors (Lipinski definition) is 7. The average molecular weight is 430 g/mol. The van der Waals surface area contributed by atoms with Crippen LogP contribution in [-0.2, 0) is 4.74 Å². The quantitative estimate of drug-likeness (QED) is 0.498. The summed E-state index contributed by atoms with van der Waals surface area (Å²) in [5.41, 5.74) is 3.03. The molecule has 2 aliphatic rings. The lowest BCUT2D eigenvalue weighted by Gasteiger charge is -2.23. The Balaban J connectivity index is 1.55. The molecular formula is C22H22N8O2. The summed E-state index contributed by atoms with van der Waals surface area (Å²) in [7, 11) is 0. The number of hydrogen-bond donors (Lipinski definition) is 2. The standard InChI is InChI=1S/C22H22N8O2/c23-10-14-3-4-16-17(9-14)29(12-25-16)21-27-19(24-11-13-1-2-13)18-20(28-21)30(22(31)26-18)15-5-7-32-8-6-15/h3-4,9,12-13,15H,1-2,5-8,11H2,(H,26,31)(H,24,27,28). The summed E-state index contributed by atoms with van der Waals surface area (Å²) < 4.78 is 9.00. The molecule has 0 amide bonds. The molecule has 1 aromatic carbocycles. The number of nitrogens with one attached hydrogen (secondary N) is 2. The Labute approximate surface area is 182 Å². The molecule has 162 valence electrons. The van der Waals surface area contributed by atoms with Gasteiger partial charge in [-0.1, -0.05) is 0 Å². The molecular weight excluding hydrogens is 408 g/mol. The highest BCUT2D eigenvalue weighted by Crippen LogP contribution is 2.31. The van der Waals surface area contributed by atoms with Gasteiger partial charge in [0.25, 0.3) is 0 Å². The van der Waals surface area contributed by atoms with Crippen molar-refractivity contribution < 1.29 is 4.74 Å². The minimum absolute atomic E-state index is 0.0220. The fourth-order valence-electron chi connectivity index (χ4n) is 4.31. The molecule has 1 aliphatic carbocycles. The smallest absolute Gasteiger partial charge is 0.328 e. The van der Waals surface area contributed by atoms with Crippen molar-refractivity contribution in [2.45, 2.75) is 31.7 Å². The van der Waals surface area contributed by atoms with Gasteiger partial charge in [0.2, 0.25) is 5.95 Å². The second-order valence-corrected chi connectivity index (χ2v) is 8.47. The van der Waals surface area contributed by atoms with Crippen LogP contribution in [0.2, 0.25) is 0 Å². The molecule has 32 heavy (non-hydrogen) atoms. The third-order valence-corrected chi connectivity index (χ3v) is 6.26. The molecule has 2 N–H and O–H groups in total. The van der Waals surface area contributed by atoms with E-state index in [2.05, 4.69) is 21.4 Å². The number of fused-ring (bicyclic) bond motifs is 2. The molecule has 0 bridgehead atoms. The highest BCUT2D eigenvalue weighted by molar-refractivity contribution is 5.85. The van der Waals surface area contributed by atoms with Gasteiger partial charge >= 0.3 is 5.69 Å². The SMILES string of the molecule is N#Cc1ccc2ncn(-c3nc(NCC4CC4)c4[nH]c(=O)n(C5CCOCC5)c4n3)c2c1. The van der Waals surface area contributed by atoms with Crippen LogP contribution in [0, 0.1) is 17.2 Å². The Morgan fingerprint density at radius 1 is 1.22 bits per heavy atom. The lowest BCUT2D eigenvalue weighted by molar-refractivity contribution is 0.0697. The first-order valence-electron chi connectivity index (χ1n) is 10.9. The molecule has 2 fully saturated rings. The molecule has 4 heterocycles. The van der Waals surface area contributed by atoms with E-state index in [0.717, 1.165) is 30.4 Å². The van der Waals surface area contributed by atoms with Gasteiger partial charge in [0.15, 0.2) is 11.5 Å². The van der Waals surface area contributed by atoms with Crippen LogP contribution in [0.4, 0.5) is 5.82 Å². The monoisotopic (exact) mass is 430 g/mol. The van der Waals surface area contributed by atoms with E-state index < -0.39 is 0 Å². The molecule has 10 nitrogen and oxygen atoms in total. The number of anilines is 1. The molecule has 0 atom stereocenters. The van der Waals surface area contributed by atoms with Gasteiger partial charge in [-0.05, 0) is 49.8 Å². The Morgan fingerprint density at radius 2 is 2.06 bits per heavy atom. The summed E-state index contributed by atoms with van der Waals surface area (Å²) in [5.74, 6) is 1.66. The van der Waals surface area contributed by atoms with Crippen molar-refractivity contribution in [2.24, 2.45) is 5.92 Å². The molecule has 0 spiro atoms. The summed E-state index contributed by atoms with van der Waals surface area (Å²) in [6, 6.07) is 7.51. The third kappa shape index (κ3) is 3.22. The van der Waals surface area contributed by atoms with Gasteiger partial charge in [0, 0.05) is 25.8 Å². The highest BCUT2D eigenvalue weighted by Gasteiger charge is 2.26. The second kappa shape index (κ2) is 7.46. The van der Waals surface area contributed by atoms with Crippen molar-refractivity contribution in [1.29, 1.82) is 5.26 Å². The molecule has 0 unspecified atom stereocenters. The minimum Gasteiger partial charge on any atom is -0.381 e. The molecule has 1 saturated carbocycles. The maximum Gasteiger partial charge on any atom is 0.328 e. The first-order valence-corrected chi connectivity index (χ1v) is 10.9. The number of imidazole rings is 2. The molecule has 1 saturated heterocycles. The van der Waals surface area contributed by atoms with E-state index in [4.69, 9.17) is 14.7 Å². The Kier molecular flexibility index (Phi) is 4.43. The summed E-state index contributed by atoms with van der Waals surface area (Å²) in [6.45, 7) is 2.05. The van der Waals surface area contributed by atoms with Crippen molar-refractivity contribution in [3.05, 3.63) is 40.6 Å². The highest BCUT2D eigenvalue weighted by atomic mass is 16.5. The van der Waals surface area contributed by atoms with Gasteiger partial charge in [0.05, 0.1) is 22.7 Å². The maximum absolute atomic E-state index is 13.0. The first-order chi connectivity index (χ1) is 15.7. The lowest BCUT2D eigenvalue weighted by atomic mass is 10.1. The van der Waals surface area contributed by atoms with Gasteiger partial charge in [-0.3, -0.25) is 9.13 Å². The van der Waals surface area contributed by atoms with Crippen molar-refractivity contribution in [1.82, 2.24) is 29.1 Å². The van der Waals surface area contributed by atoms with Crippen LogP contribution in [0.5, 0.6) is 0 Å². The van der Waals surface area contributed by atoms with Gasteiger partial charge in [-0.2, -0.15) is 15.2 Å². The number of benzene rings is 1. The predicted octanol–water partition coefficient (Wildman–Crippen LogP) is 2.50. The van der Waals surface area contributed by atoms with E-state index in [0.29, 0.717) is 47.6 Å². The van der Waals surface area contributed by atoms with E-state index in [1.54, 1.807) is 27.6 Å². The van der Waals surface area contributed by atoms with Gasteiger partial charge in [-0.15, -0.1) is 0 Å². The normalized spacial score (nSPS) is 17.1. The fourth-order valence-corrected chi connectivity index (χ4v) is 4.31. The Bertz CT molecular complexity index is 1420. The maximum atomic E-state index is 13.0. The third-order valence-electron chi connectivity index (χ3n) is 6.26. The second-order valence-electron chi connectivity index (χ2n) is 8.47. The van der Waals surface area contributed by atoms with Crippen LogP contribution in [0.1, 0.15) is 37.3 Å². The minimum atomic E-state index is -0.185. The van der Waals surface area contributed by atoms with Crippen LogP contribution < -0.4 is 11.0 Å². The molecule has 6 rings (SSSR count). The van der Waals surface area contributed by atoms with E-state index >= 15 is 0 Å². The van der Waals surface area contributed by atoms with E-state index in [9.17, 15) is 10.1 Å². The summed E-state index contributed by atoms with van der Waals surface area (Å²) >= 11 is 0. The van der Waals surface area contributed by atoms with E-state index in [1.165, 1.54) is 12.8 Å². The molecule has 10 heteroatoms. The van der Waals surface area contributed by atoms with Gasteiger partial charge < -0.3 is 15.0 Å². The molecule has 4 aromatic rings. The van der Waals surface area contributed by atoms with E-state index in [-0.39, 0.29) is 11.7 Å². The van der Waals surface area contributed by atoms with E-state index in [1.807, 2.05) is 6.07 Å². The van der Waals surface area contributed by atoms with Crippen LogP contribution in [0.25, 0.3) is 28.1 Å². The van der Waals surface area contributed by atoms with Crippen molar-refractivity contribution in [3.63, 3.8) is 0 Å². The van der Waals surface area contributed by atoms with Crippen LogP contribution in [0.15, 0.2) is 29.3 Å². The summed E-state index contributed by atoms with van der Waals surface area (Å²) in [4.78, 5) is 29.9. The number of aromatic nitrogens is 6. The Morgan fingerprint density at radius 3 is 2.84 bits per heavy atom. The van der Waals surface area contributed by atoms with Crippen molar-refractivity contribution in [3.8, 4) is 12.0 Å². The Hall–Kier alpha value is -3.71. The number of aromatic amines is 1. The first kappa shape index (κ1) is 19.0. The lowest BCUT2D eigenvalue weighted by Crippen LogP contribution is -2.27. The predicted molar refractivity (Wildman–Crippen MR) is 118 cm³/mol. The zero-order valence-electron chi connectivity index (χ0n) is 17.4. The zero-order chi connectivity index (χ0) is 21.7. The number of rotatable bonds is 5. The number of H-pyrrole nitrogens is 1. The van der Waals surface area contributed by atoms with Crippen LogP contribution in [0.3, 0.4) is 0 Å². The average Bonchev–Trinajstić information content (AvgIpc) is 3.46. The summed E-state index contributed by atoms with van der Waals surface area (Å²) in [5, 5.41) is 12.7. The van der Waals surface area contributed by atoms with Crippen LogP contribution in [-0.4, -0.2) is 48.8 Å². The van der Waals surface area contributed by atoms with Crippen molar-refractivity contribution >= 4 is 28.0 Å². The van der Waals surface area contributed by atoms with Gasteiger partial charge in [-0.25, -0.2) is 9.78 Å². The molecule has 0 radical (unpaired) electrons. The molecule has 1 aliphatic heterocycles. The molecule has 3 aromatic heterocycles. The fraction of sp³-hybridized carbons (Fsp3) is 0.409. The number of nitriles is 1. The van der Waals surface area contributed by atoms with Gasteiger partial charge in [0.1, 0.15) is 11.8 Å².